The van der Waals surface area contributed by atoms with Gasteiger partial charge in [0.15, 0.2) is 0 Å². The minimum atomic E-state index is -4.56. The van der Waals surface area contributed by atoms with Crippen LogP contribution in [0.15, 0.2) is 53.4 Å². The number of halogens is 5. The average molecular weight is 514 g/mol. The van der Waals surface area contributed by atoms with Gasteiger partial charge in [-0.1, -0.05) is 17.7 Å². The highest BCUT2D eigenvalue weighted by Crippen LogP contribution is 2.38. The standard InChI is InChI=1S/C20H13BrClF3N4O2/c1-11-8-12(10-30-17-6-7-29-18(21)27-28-19(29)26-17)2-5-16(11)31-13-3-4-15(22)14(9-13)20(23,24)25/h2-9H,10H2,1H3. The molecule has 0 atom stereocenters. The first-order chi connectivity index (χ1) is 14.7. The van der Waals surface area contributed by atoms with Gasteiger partial charge < -0.3 is 9.47 Å². The number of fused-ring (bicyclic) bond motifs is 1. The molecule has 160 valence electrons. The van der Waals surface area contributed by atoms with Crippen LogP contribution in [0.1, 0.15) is 16.7 Å². The number of hydrogen-bond donors (Lipinski definition) is 0. The van der Waals surface area contributed by atoms with Gasteiger partial charge in [-0.2, -0.15) is 18.2 Å². The minimum absolute atomic E-state index is 0.0424. The van der Waals surface area contributed by atoms with Gasteiger partial charge >= 0.3 is 6.18 Å². The Hall–Kier alpha value is -2.85. The van der Waals surface area contributed by atoms with E-state index < -0.39 is 11.7 Å². The van der Waals surface area contributed by atoms with Crippen molar-refractivity contribution in [1.29, 1.82) is 0 Å². The molecule has 0 N–H and O–H groups in total. The number of nitrogens with zero attached hydrogens (tertiary/aromatic N) is 4. The van der Waals surface area contributed by atoms with Crippen molar-refractivity contribution >= 4 is 33.3 Å². The first-order valence-electron chi connectivity index (χ1n) is 8.85. The molecule has 0 amide bonds. The van der Waals surface area contributed by atoms with E-state index in [9.17, 15) is 13.2 Å². The fourth-order valence-corrected chi connectivity index (χ4v) is 3.39. The smallest absolute Gasteiger partial charge is 0.417 e. The fourth-order valence-electron chi connectivity index (χ4n) is 2.81. The molecule has 2 aromatic heterocycles. The molecular weight excluding hydrogens is 501 g/mol. The maximum absolute atomic E-state index is 13.0. The number of rotatable bonds is 5. The molecule has 2 heterocycles. The number of aryl methyl sites for hydroxylation is 1. The summed E-state index contributed by atoms with van der Waals surface area (Å²) in [7, 11) is 0. The van der Waals surface area contributed by atoms with Crippen molar-refractivity contribution in [3.63, 3.8) is 0 Å². The summed E-state index contributed by atoms with van der Waals surface area (Å²) in [5.74, 6) is 1.24. The first-order valence-corrected chi connectivity index (χ1v) is 10.0. The fraction of sp³-hybridized carbons (Fsp3) is 0.150. The van der Waals surface area contributed by atoms with Crippen LogP contribution in [0.2, 0.25) is 5.02 Å². The Morgan fingerprint density at radius 1 is 1.10 bits per heavy atom. The quantitative estimate of drug-likeness (QED) is 0.316. The van der Waals surface area contributed by atoms with E-state index in [-0.39, 0.29) is 17.4 Å². The zero-order valence-electron chi connectivity index (χ0n) is 15.8. The molecule has 4 rings (SSSR count). The monoisotopic (exact) mass is 512 g/mol. The van der Waals surface area contributed by atoms with Crippen molar-refractivity contribution < 1.29 is 22.6 Å². The lowest BCUT2D eigenvalue weighted by atomic mass is 10.1. The molecule has 4 aromatic rings. The molecule has 0 aliphatic carbocycles. The SMILES string of the molecule is Cc1cc(COc2ccn3c(Br)nnc3n2)ccc1Oc1ccc(Cl)c(C(F)(F)F)c1. The highest BCUT2D eigenvalue weighted by atomic mass is 79.9. The van der Waals surface area contributed by atoms with Gasteiger partial charge in [0, 0.05) is 12.3 Å². The third-order valence-electron chi connectivity index (χ3n) is 4.31. The summed E-state index contributed by atoms with van der Waals surface area (Å²) >= 11 is 8.91. The zero-order valence-corrected chi connectivity index (χ0v) is 18.2. The summed E-state index contributed by atoms with van der Waals surface area (Å²) in [6, 6.07) is 10.4. The lowest BCUT2D eigenvalue weighted by molar-refractivity contribution is -0.137. The van der Waals surface area contributed by atoms with E-state index in [0.29, 0.717) is 22.1 Å². The van der Waals surface area contributed by atoms with Gasteiger partial charge in [-0.15, -0.1) is 10.2 Å². The van der Waals surface area contributed by atoms with Crippen LogP contribution in [0.4, 0.5) is 13.2 Å². The van der Waals surface area contributed by atoms with Crippen molar-refractivity contribution in [2.45, 2.75) is 19.7 Å². The molecule has 0 spiro atoms. The summed E-state index contributed by atoms with van der Waals surface area (Å²) in [5.41, 5.74) is 0.620. The second-order valence-electron chi connectivity index (χ2n) is 6.53. The molecular formula is C20H13BrClF3N4O2. The van der Waals surface area contributed by atoms with E-state index >= 15 is 0 Å². The van der Waals surface area contributed by atoms with Crippen LogP contribution in [0.5, 0.6) is 17.4 Å². The summed E-state index contributed by atoms with van der Waals surface area (Å²) < 4.78 is 52.7. The Kier molecular flexibility index (Phi) is 5.76. The Labute approximate surface area is 187 Å². The van der Waals surface area contributed by atoms with Crippen LogP contribution in [0.25, 0.3) is 5.78 Å². The van der Waals surface area contributed by atoms with Gasteiger partial charge in [0.1, 0.15) is 18.1 Å². The predicted octanol–water partition coefficient (Wildman–Crippen LogP) is 6.24. The first kappa shape index (κ1) is 21.4. The largest absolute Gasteiger partial charge is 0.473 e. The second kappa shape index (κ2) is 8.35. The van der Waals surface area contributed by atoms with Crippen molar-refractivity contribution in [1.82, 2.24) is 19.6 Å². The van der Waals surface area contributed by atoms with Gasteiger partial charge in [-0.25, -0.2) is 0 Å². The molecule has 0 aliphatic rings. The zero-order chi connectivity index (χ0) is 22.2. The number of benzene rings is 2. The van der Waals surface area contributed by atoms with Gasteiger partial charge in [0.25, 0.3) is 5.78 Å². The molecule has 0 radical (unpaired) electrons. The van der Waals surface area contributed by atoms with Gasteiger partial charge in [-0.05, 0) is 64.3 Å². The topological polar surface area (TPSA) is 61.5 Å². The van der Waals surface area contributed by atoms with Gasteiger partial charge in [0.05, 0.1) is 10.6 Å². The number of ether oxygens (including phenoxy) is 2. The van der Waals surface area contributed by atoms with Crippen LogP contribution in [0.3, 0.4) is 0 Å². The Morgan fingerprint density at radius 3 is 2.65 bits per heavy atom. The summed E-state index contributed by atoms with van der Waals surface area (Å²) in [4.78, 5) is 4.25. The Morgan fingerprint density at radius 2 is 1.90 bits per heavy atom. The van der Waals surface area contributed by atoms with Gasteiger partial charge in [0.2, 0.25) is 10.6 Å². The van der Waals surface area contributed by atoms with E-state index in [0.717, 1.165) is 23.3 Å². The van der Waals surface area contributed by atoms with E-state index in [1.165, 1.54) is 6.07 Å². The third kappa shape index (κ3) is 4.75. The molecule has 6 nitrogen and oxygen atoms in total. The molecule has 0 saturated heterocycles. The lowest BCUT2D eigenvalue weighted by Gasteiger charge is -2.14. The molecule has 0 fully saturated rings. The van der Waals surface area contributed by atoms with E-state index in [1.807, 2.05) is 6.07 Å². The van der Waals surface area contributed by atoms with Crippen molar-refractivity contribution in [2.24, 2.45) is 0 Å². The average Bonchev–Trinajstić information content (AvgIpc) is 3.09. The molecule has 11 heteroatoms. The van der Waals surface area contributed by atoms with Crippen LogP contribution < -0.4 is 9.47 Å². The Bertz CT molecular complexity index is 1260. The third-order valence-corrected chi connectivity index (χ3v) is 5.18. The van der Waals surface area contributed by atoms with Crippen LogP contribution in [-0.4, -0.2) is 19.6 Å². The highest BCUT2D eigenvalue weighted by molar-refractivity contribution is 9.10. The van der Waals surface area contributed by atoms with Crippen LogP contribution in [-0.2, 0) is 12.8 Å². The minimum Gasteiger partial charge on any atom is -0.473 e. The molecule has 2 aromatic carbocycles. The highest BCUT2D eigenvalue weighted by Gasteiger charge is 2.33. The van der Waals surface area contributed by atoms with E-state index in [1.54, 1.807) is 35.7 Å². The molecule has 0 aliphatic heterocycles. The summed E-state index contributed by atoms with van der Waals surface area (Å²) in [6.07, 6.45) is -2.84. The van der Waals surface area contributed by atoms with Crippen molar-refractivity contribution in [3.8, 4) is 17.4 Å². The van der Waals surface area contributed by atoms with E-state index in [4.69, 9.17) is 21.1 Å². The maximum atomic E-state index is 13.0. The van der Waals surface area contributed by atoms with Crippen molar-refractivity contribution in [2.75, 3.05) is 0 Å². The summed E-state index contributed by atoms with van der Waals surface area (Å²) in [6.45, 7) is 2.02. The van der Waals surface area contributed by atoms with Crippen molar-refractivity contribution in [3.05, 3.63) is 75.1 Å². The normalized spacial score (nSPS) is 11.7. The molecule has 31 heavy (non-hydrogen) atoms. The van der Waals surface area contributed by atoms with Crippen LogP contribution in [0, 0.1) is 6.92 Å². The predicted molar refractivity (Wildman–Crippen MR) is 111 cm³/mol. The number of alkyl halides is 3. The Balaban J connectivity index is 1.46. The number of aromatic nitrogens is 4. The number of hydrogen-bond acceptors (Lipinski definition) is 5. The van der Waals surface area contributed by atoms with Crippen LogP contribution >= 0.6 is 27.5 Å². The molecule has 0 saturated carbocycles. The summed E-state index contributed by atoms with van der Waals surface area (Å²) in [5, 5.41) is 7.39. The van der Waals surface area contributed by atoms with Gasteiger partial charge in [-0.3, -0.25) is 4.40 Å². The molecule has 0 bridgehead atoms. The van der Waals surface area contributed by atoms with E-state index in [2.05, 4.69) is 31.1 Å². The lowest BCUT2D eigenvalue weighted by Crippen LogP contribution is -2.06. The second-order valence-corrected chi connectivity index (χ2v) is 7.65. The molecule has 0 unspecified atom stereocenters. The maximum Gasteiger partial charge on any atom is 0.417 e.